The first-order valence-electron chi connectivity index (χ1n) is 8.45. The van der Waals surface area contributed by atoms with Crippen LogP contribution in [0.25, 0.3) is 0 Å². The standard InChI is InChI=1S/C20H21BrINO2/c1-13(2)18-9-8-15-10-16(22)11-17(21)19(15)23(18)20(24)25-12-14-6-4-3-5-7-14/h3-7,10-11,13,18H,8-9,12H2,1-2H3. The summed E-state index contributed by atoms with van der Waals surface area (Å²) < 4.78 is 7.78. The number of halogens is 2. The van der Waals surface area contributed by atoms with Crippen LogP contribution in [0.15, 0.2) is 46.9 Å². The molecule has 5 heteroatoms. The summed E-state index contributed by atoms with van der Waals surface area (Å²) in [5, 5.41) is 0. The molecule has 0 spiro atoms. The van der Waals surface area contributed by atoms with Gasteiger partial charge in [0.15, 0.2) is 0 Å². The van der Waals surface area contributed by atoms with Crippen molar-refractivity contribution < 1.29 is 9.53 Å². The van der Waals surface area contributed by atoms with Crippen LogP contribution in [-0.4, -0.2) is 12.1 Å². The van der Waals surface area contributed by atoms with E-state index in [0.29, 0.717) is 5.92 Å². The molecule has 2 aromatic rings. The van der Waals surface area contributed by atoms with Crippen LogP contribution in [0.1, 0.15) is 31.4 Å². The molecule has 0 fully saturated rings. The van der Waals surface area contributed by atoms with E-state index >= 15 is 0 Å². The Balaban J connectivity index is 1.89. The summed E-state index contributed by atoms with van der Waals surface area (Å²) in [4.78, 5) is 14.8. The van der Waals surface area contributed by atoms with Gasteiger partial charge in [-0.3, -0.25) is 4.90 Å². The van der Waals surface area contributed by atoms with Crippen LogP contribution in [-0.2, 0) is 17.8 Å². The number of anilines is 1. The molecule has 0 saturated heterocycles. The first kappa shape index (κ1) is 18.7. The highest BCUT2D eigenvalue weighted by molar-refractivity contribution is 14.1. The number of aryl methyl sites for hydroxylation is 1. The summed E-state index contributed by atoms with van der Waals surface area (Å²) in [6, 6.07) is 14.2. The summed E-state index contributed by atoms with van der Waals surface area (Å²) >= 11 is 5.97. The van der Waals surface area contributed by atoms with E-state index in [1.54, 1.807) is 0 Å². The van der Waals surface area contributed by atoms with Crippen LogP contribution in [0.5, 0.6) is 0 Å². The molecule has 1 aliphatic rings. The van der Waals surface area contributed by atoms with Gasteiger partial charge in [-0.25, -0.2) is 4.79 Å². The summed E-state index contributed by atoms with van der Waals surface area (Å²) in [6.07, 6.45) is 1.67. The predicted molar refractivity (Wildman–Crippen MR) is 113 cm³/mol. The van der Waals surface area contributed by atoms with Gasteiger partial charge in [-0.1, -0.05) is 44.2 Å². The van der Waals surface area contributed by atoms with Gasteiger partial charge in [0.1, 0.15) is 6.61 Å². The Morgan fingerprint density at radius 3 is 2.72 bits per heavy atom. The maximum atomic E-state index is 13.0. The minimum Gasteiger partial charge on any atom is -0.444 e. The van der Waals surface area contributed by atoms with Gasteiger partial charge in [-0.2, -0.15) is 0 Å². The number of benzene rings is 2. The zero-order valence-electron chi connectivity index (χ0n) is 14.3. The molecule has 1 aliphatic heterocycles. The van der Waals surface area contributed by atoms with E-state index in [1.165, 1.54) is 9.13 Å². The van der Waals surface area contributed by atoms with Crippen LogP contribution < -0.4 is 4.90 Å². The van der Waals surface area contributed by atoms with E-state index in [2.05, 4.69) is 64.5 Å². The van der Waals surface area contributed by atoms with E-state index in [-0.39, 0.29) is 18.7 Å². The quantitative estimate of drug-likeness (QED) is 0.459. The highest BCUT2D eigenvalue weighted by Gasteiger charge is 2.35. The highest BCUT2D eigenvalue weighted by atomic mass is 127. The van der Waals surface area contributed by atoms with Crippen molar-refractivity contribution in [1.29, 1.82) is 0 Å². The Hall–Kier alpha value is -1.08. The summed E-state index contributed by atoms with van der Waals surface area (Å²) in [5.74, 6) is 0.364. The molecule has 0 aromatic heterocycles. The lowest BCUT2D eigenvalue weighted by molar-refractivity contribution is 0.141. The van der Waals surface area contributed by atoms with Gasteiger partial charge in [0.2, 0.25) is 0 Å². The first-order valence-corrected chi connectivity index (χ1v) is 10.3. The van der Waals surface area contributed by atoms with Crippen molar-refractivity contribution in [3.05, 3.63) is 61.6 Å². The lowest BCUT2D eigenvalue weighted by Crippen LogP contribution is -2.47. The molecule has 0 N–H and O–H groups in total. The van der Waals surface area contributed by atoms with E-state index in [1.807, 2.05) is 35.2 Å². The van der Waals surface area contributed by atoms with Crippen molar-refractivity contribution in [1.82, 2.24) is 0 Å². The number of hydrogen-bond donors (Lipinski definition) is 0. The van der Waals surface area contributed by atoms with Crippen molar-refractivity contribution in [2.24, 2.45) is 5.92 Å². The van der Waals surface area contributed by atoms with Gasteiger partial charge in [-0.15, -0.1) is 0 Å². The molecule has 0 saturated carbocycles. The van der Waals surface area contributed by atoms with E-state index in [9.17, 15) is 4.79 Å². The van der Waals surface area contributed by atoms with Crippen molar-refractivity contribution >= 4 is 50.3 Å². The molecule has 1 heterocycles. The number of amides is 1. The third-order valence-corrected chi connectivity index (χ3v) is 5.79. The number of rotatable bonds is 3. The predicted octanol–water partition coefficient (Wildman–Crippen LogP) is 6.17. The van der Waals surface area contributed by atoms with Crippen molar-refractivity contribution in [3.63, 3.8) is 0 Å². The molecule has 1 atom stereocenters. The SMILES string of the molecule is CC(C)C1CCc2cc(I)cc(Br)c2N1C(=O)OCc1ccccc1. The largest absolute Gasteiger partial charge is 0.444 e. The molecule has 0 aliphatic carbocycles. The van der Waals surface area contributed by atoms with Crippen LogP contribution in [0.3, 0.4) is 0 Å². The van der Waals surface area contributed by atoms with Crippen molar-refractivity contribution in [3.8, 4) is 0 Å². The highest BCUT2D eigenvalue weighted by Crippen LogP contribution is 2.40. The summed E-state index contributed by atoms with van der Waals surface area (Å²) in [7, 11) is 0. The normalized spacial score (nSPS) is 16.7. The fraction of sp³-hybridized carbons (Fsp3) is 0.350. The average Bonchev–Trinajstić information content (AvgIpc) is 2.59. The van der Waals surface area contributed by atoms with Crippen LogP contribution >= 0.6 is 38.5 Å². The second-order valence-corrected chi connectivity index (χ2v) is 8.76. The zero-order chi connectivity index (χ0) is 18.0. The summed E-state index contributed by atoms with van der Waals surface area (Å²) in [5.41, 5.74) is 3.16. The van der Waals surface area contributed by atoms with Crippen molar-refractivity contribution in [2.45, 2.75) is 39.3 Å². The van der Waals surface area contributed by atoms with Gasteiger partial charge in [0, 0.05) is 14.1 Å². The second kappa shape index (κ2) is 8.08. The minimum absolute atomic E-state index is 0.145. The Kier molecular flexibility index (Phi) is 6.04. The number of carbonyl (C=O) groups excluding carboxylic acids is 1. The molecule has 0 radical (unpaired) electrons. The van der Waals surface area contributed by atoms with Gasteiger partial charge < -0.3 is 4.74 Å². The number of hydrogen-bond acceptors (Lipinski definition) is 2. The zero-order valence-corrected chi connectivity index (χ0v) is 18.1. The number of fused-ring (bicyclic) bond motifs is 1. The fourth-order valence-corrected chi connectivity index (χ4v) is 5.13. The average molecular weight is 514 g/mol. The third kappa shape index (κ3) is 4.19. The molecule has 132 valence electrons. The second-order valence-electron chi connectivity index (χ2n) is 6.66. The van der Waals surface area contributed by atoms with Crippen LogP contribution in [0, 0.1) is 9.49 Å². The van der Waals surface area contributed by atoms with Gasteiger partial charge in [0.25, 0.3) is 0 Å². The molecule has 1 unspecified atom stereocenters. The van der Waals surface area contributed by atoms with Gasteiger partial charge >= 0.3 is 6.09 Å². The Morgan fingerprint density at radius 2 is 2.04 bits per heavy atom. The first-order chi connectivity index (χ1) is 12.0. The Bertz CT molecular complexity index is 764. The molecular formula is C20H21BrINO2. The number of ether oxygens (including phenoxy) is 1. The minimum atomic E-state index is -0.273. The lowest BCUT2D eigenvalue weighted by atomic mass is 9.89. The van der Waals surface area contributed by atoms with E-state index in [4.69, 9.17) is 4.74 Å². The molecule has 25 heavy (non-hydrogen) atoms. The third-order valence-electron chi connectivity index (χ3n) is 4.56. The smallest absolute Gasteiger partial charge is 0.414 e. The number of nitrogens with zero attached hydrogens (tertiary/aromatic N) is 1. The topological polar surface area (TPSA) is 29.5 Å². The molecular weight excluding hydrogens is 493 g/mol. The molecule has 2 aromatic carbocycles. The van der Waals surface area contributed by atoms with Crippen molar-refractivity contribution in [2.75, 3.05) is 4.90 Å². The Labute approximate surface area is 171 Å². The molecule has 3 rings (SSSR count). The maximum Gasteiger partial charge on any atom is 0.414 e. The van der Waals surface area contributed by atoms with Gasteiger partial charge in [0.05, 0.1) is 5.69 Å². The Morgan fingerprint density at radius 1 is 1.32 bits per heavy atom. The fourth-order valence-electron chi connectivity index (χ4n) is 3.32. The number of carbonyl (C=O) groups is 1. The van der Waals surface area contributed by atoms with E-state index in [0.717, 1.165) is 28.6 Å². The summed E-state index contributed by atoms with van der Waals surface area (Å²) in [6.45, 7) is 4.61. The van der Waals surface area contributed by atoms with Gasteiger partial charge in [-0.05, 0) is 80.5 Å². The van der Waals surface area contributed by atoms with Crippen LogP contribution in [0.4, 0.5) is 10.5 Å². The lowest BCUT2D eigenvalue weighted by Gasteiger charge is -2.39. The maximum absolute atomic E-state index is 13.0. The molecule has 3 nitrogen and oxygen atoms in total. The molecule has 0 bridgehead atoms. The van der Waals surface area contributed by atoms with Crippen LogP contribution in [0.2, 0.25) is 0 Å². The van der Waals surface area contributed by atoms with E-state index < -0.39 is 0 Å². The monoisotopic (exact) mass is 513 g/mol. The molecule has 1 amide bonds.